The molecule has 9 heteroatoms. The molecule has 4 heterocycles. The van der Waals surface area contributed by atoms with Gasteiger partial charge in [-0.1, -0.05) is 13.3 Å². The lowest BCUT2D eigenvalue weighted by Crippen LogP contribution is -2.36. The molecule has 148 valence electrons. The number of nitrogens with one attached hydrogen (secondary N) is 1. The zero-order valence-electron chi connectivity index (χ0n) is 16.6. The molecule has 0 unspecified atom stereocenters. The number of carbonyl (C=O) groups excluding carboxylic acids is 1. The van der Waals surface area contributed by atoms with Gasteiger partial charge in [0.05, 0.1) is 17.5 Å². The first-order chi connectivity index (χ1) is 13.6. The maximum absolute atomic E-state index is 12.5. The SMILES string of the molecule is CCCc1cc(N2CCC[C@@H](c3[nH]ncc3C(=O)N(C)C)C2)n2ncnc2n1. The normalized spacial score (nSPS) is 17.2. The maximum atomic E-state index is 12.5. The molecule has 3 aromatic heterocycles. The Balaban J connectivity index is 1.65. The lowest BCUT2D eigenvalue weighted by Gasteiger charge is -2.34. The van der Waals surface area contributed by atoms with Crippen LogP contribution in [-0.2, 0) is 6.42 Å². The number of fused-ring (bicyclic) bond motifs is 1. The summed E-state index contributed by atoms with van der Waals surface area (Å²) in [6.07, 6.45) is 7.17. The van der Waals surface area contributed by atoms with Crippen molar-refractivity contribution in [3.63, 3.8) is 0 Å². The Morgan fingerprint density at radius 2 is 2.25 bits per heavy atom. The Morgan fingerprint density at radius 1 is 1.39 bits per heavy atom. The van der Waals surface area contributed by atoms with Crippen molar-refractivity contribution >= 4 is 17.5 Å². The summed E-state index contributed by atoms with van der Waals surface area (Å²) in [7, 11) is 3.53. The zero-order chi connectivity index (χ0) is 19.7. The van der Waals surface area contributed by atoms with E-state index < -0.39 is 0 Å². The van der Waals surface area contributed by atoms with Gasteiger partial charge in [0, 0.05) is 44.9 Å². The molecule has 9 nitrogen and oxygen atoms in total. The number of hydrogen-bond donors (Lipinski definition) is 1. The van der Waals surface area contributed by atoms with Crippen molar-refractivity contribution in [2.24, 2.45) is 0 Å². The zero-order valence-corrected chi connectivity index (χ0v) is 16.6. The van der Waals surface area contributed by atoms with Crippen LogP contribution in [0, 0.1) is 0 Å². The molecule has 0 aromatic carbocycles. The molecule has 1 amide bonds. The Kier molecular flexibility index (Phi) is 4.97. The van der Waals surface area contributed by atoms with E-state index in [1.54, 1.807) is 36.0 Å². The monoisotopic (exact) mass is 382 g/mol. The van der Waals surface area contributed by atoms with Gasteiger partial charge >= 0.3 is 0 Å². The summed E-state index contributed by atoms with van der Waals surface area (Å²) in [5.41, 5.74) is 2.61. The van der Waals surface area contributed by atoms with Gasteiger partial charge in [-0.05, 0) is 19.3 Å². The molecule has 0 spiro atoms. The first-order valence-corrected chi connectivity index (χ1v) is 9.78. The molecule has 1 fully saturated rings. The fourth-order valence-corrected chi connectivity index (χ4v) is 3.89. The molecule has 0 radical (unpaired) electrons. The van der Waals surface area contributed by atoms with Gasteiger partial charge in [-0.2, -0.15) is 19.7 Å². The van der Waals surface area contributed by atoms with Crippen molar-refractivity contribution in [2.45, 2.75) is 38.5 Å². The van der Waals surface area contributed by atoms with E-state index in [4.69, 9.17) is 0 Å². The fraction of sp³-hybridized carbons (Fsp3) is 0.526. The number of rotatable bonds is 5. The highest BCUT2D eigenvalue weighted by atomic mass is 16.2. The van der Waals surface area contributed by atoms with E-state index in [9.17, 15) is 4.79 Å². The molecule has 1 atom stereocenters. The van der Waals surface area contributed by atoms with E-state index in [1.807, 2.05) is 0 Å². The van der Waals surface area contributed by atoms with Gasteiger partial charge in [0.15, 0.2) is 0 Å². The molecule has 3 aromatic rings. The third-order valence-electron chi connectivity index (χ3n) is 5.25. The van der Waals surface area contributed by atoms with E-state index in [-0.39, 0.29) is 11.8 Å². The van der Waals surface area contributed by atoms with Gasteiger partial charge in [-0.25, -0.2) is 4.98 Å². The van der Waals surface area contributed by atoms with E-state index >= 15 is 0 Å². The molecule has 0 saturated carbocycles. The van der Waals surface area contributed by atoms with Gasteiger partial charge < -0.3 is 9.80 Å². The Morgan fingerprint density at radius 3 is 3.04 bits per heavy atom. The number of amides is 1. The van der Waals surface area contributed by atoms with Gasteiger partial charge in [0.2, 0.25) is 0 Å². The summed E-state index contributed by atoms with van der Waals surface area (Å²) >= 11 is 0. The summed E-state index contributed by atoms with van der Waals surface area (Å²) in [5, 5.41) is 11.6. The number of H-pyrrole nitrogens is 1. The lowest BCUT2D eigenvalue weighted by atomic mass is 9.92. The van der Waals surface area contributed by atoms with Crippen LogP contribution in [0.3, 0.4) is 0 Å². The number of aromatic amines is 1. The summed E-state index contributed by atoms with van der Waals surface area (Å²) in [6.45, 7) is 3.88. The van der Waals surface area contributed by atoms with Crippen LogP contribution in [0.2, 0.25) is 0 Å². The predicted molar refractivity (Wildman–Crippen MR) is 106 cm³/mol. The minimum atomic E-state index is -0.0197. The van der Waals surface area contributed by atoms with Crippen LogP contribution in [0.4, 0.5) is 5.82 Å². The third kappa shape index (κ3) is 3.32. The quantitative estimate of drug-likeness (QED) is 0.724. The molecule has 1 aliphatic heterocycles. The highest BCUT2D eigenvalue weighted by Gasteiger charge is 2.29. The highest BCUT2D eigenvalue weighted by molar-refractivity contribution is 5.94. The number of nitrogens with zero attached hydrogens (tertiary/aromatic N) is 7. The molecular formula is C19H26N8O. The van der Waals surface area contributed by atoms with Crippen molar-refractivity contribution in [3.05, 3.63) is 35.5 Å². The summed E-state index contributed by atoms with van der Waals surface area (Å²) in [5.74, 6) is 1.83. The summed E-state index contributed by atoms with van der Waals surface area (Å²) in [6, 6.07) is 2.12. The molecule has 0 bridgehead atoms. The number of hydrogen-bond acceptors (Lipinski definition) is 6. The fourth-order valence-electron chi connectivity index (χ4n) is 3.89. The van der Waals surface area contributed by atoms with Gasteiger partial charge in [0.25, 0.3) is 11.7 Å². The van der Waals surface area contributed by atoms with Crippen molar-refractivity contribution in [2.75, 3.05) is 32.1 Å². The van der Waals surface area contributed by atoms with Crippen LogP contribution >= 0.6 is 0 Å². The van der Waals surface area contributed by atoms with E-state index in [2.05, 4.69) is 43.2 Å². The second kappa shape index (κ2) is 7.57. The van der Waals surface area contributed by atoms with Crippen molar-refractivity contribution in [1.29, 1.82) is 0 Å². The second-order valence-corrected chi connectivity index (χ2v) is 7.51. The van der Waals surface area contributed by atoms with Gasteiger partial charge in [-0.3, -0.25) is 9.89 Å². The van der Waals surface area contributed by atoms with Crippen LogP contribution in [0.25, 0.3) is 5.78 Å². The molecule has 28 heavy (non-hydrogen) atoms. The van der Waals surface area contributed by atoms with Crippen molar-refractivity contribution < 1.29 is 4.79 Å². The van der Waals surface area contributed by atoms with E-state index in [0.717, 1.165) is 56.0 Å². The minimum absolute atomic E-state index is 0.0197. The molecule has 1 N–H and O–H groups in total. The Labute approximate surface area is 163 Å². The van der Waals surface area contributed by atoms with Gasteiger partial charge in [0.1, 0.15) is 12.1 Å². The first-order valence-electron chi connectivity index (χ1n) is 9.78. The average Bonchev–Trinajstić information content (AvgIpc) is 3.36. The predicted octanol–water partition coefficient (Wildman–Crippen LogP) is 1.89. The van der Waals surface area contributed by atoms with Crippen molar-refractivity contribution in [1.82, 2.24) is 34.7 Å². The van der Waals surface area contributed by atoms with Crippen LogP contribution in [0.5, 0.6) is 0 Å². The standard InChI is InChI=1S/C19H26N8O/c1-4-6-14-9-16(27-19(23-14)20-12-22-27)26-8-5-7-13(11-26)17-15(10-21-24-17)18(28)25(2)3/h9-10,12-13H,4-8,11H2,1-3H3,(H,21,24)/t13-/m1/s1. The number of anilines is 1. The second-order valence-electron chi connectivity index (χ2n) is 7.51. The van der Waals surface area contributed by atoms with Crippen molar-refractivity contribution in [3.8, 4) is 0 Å². The smallest absolute Gasteiger partial charge is 0.256 e. The van der Waals surface area contributed by atoms with Crippen LogP contribution in [0.15, 0.2) is 18.6 Å². The number of piperidine rings is 1. The average molecular weight is 382 g/mol. The molecule has 0 aliphatic carbocycles. The molecule has 1 aliphatic rings. The molecule has 1 saturated heterocycles. The Hall–Kier alpha value is -2.97. The van der Waals surface area contributed by atoms with Gasteiger partial charge in [-0.15, -0.1) is 0 Å². The van der Waals surface area contributed by atoms with E-state index in [0.29, 0.717) is 11.3 Å². The number of aryl methyl sites for hydroxylation is 1. The maximum Gasteiger partial charge on any atom is 0.256 e. The highest BCUT2D eigenvalue weighted by Crippen LogP contribution is 2.31. The Bertz CT molecular complexity index is 975. The van der Waals surface area contributed by atoms with E-state index in [1.165, 1.54) is 0 Å². The number of carbonyl (C=O) groups is 1. The molecular weight excluding hydrogens is 356 g/mol. The third-order valence-corrected chi connectivity index (χ3v) is 5.25. The van der Waals surface area contributed by atoms with Crippen LogP contribution in [-0.4, -0.2) is 67.8 Å². The summed E-state index contributed by atoms with van der Waals surface area (Å²) < 4.78 is 1.81. The van der Waals surface area contributed by atoms with Crippen LogP contribution in [0.1, 0.15) is 53.8 Å². The molecule has 4 rings (SSSR count). The topological polar surface area (TPSA) is 95.3 Å². The number of aromatic nitrogens is 6. The lowest BCUT2D eigenvalue weighted by molar-refractivity contribution is 0.0826. The summed E-state index contributed by atoms with van der Waals surface area (Å²) in [4.78, 5) is 25.3. The first kappa shape index (κ1) is 18.4. The van der Waals surface area contributed by atoms with Crippen LogP contribution < -0.4 is 4.90 Å². The largest absolute Gasteiger partial charge is 0.356 e. The minimum Gasteiger partial charge on any atom is -0.356 e.